The fourth-order valence-corrected chi connectivity index (χ4v) is 2.22. The van der Waals surface area contributed by atoms with Crippen LogP contribution in [0.1, 0.15) is 11.1 Å². The molecule has 1 heterocycles. The highest BCUT2D eigenvalue weighted by molar-refractivity contribution is 5.63. The summed E-state index contributed by atoms with van der Waals surface area (Å²) < 4.78 is 1.83. The third-order valence-corrected chi connectivity index (χ3v) is 3.47. The summed E-state index contributed by atoms with van der Waals surface area (Å²) in [7, 11) is 0. The fourth-order valence-electron chi connectivity index (χ4n) is 2.22. The minimum atomic E-state index is 0.703. The molecular weight excluding hydrogens is 246 g/mol. The van der Waals surface area contributed by atoms with Crippen LogP contribution in [0.15, 0.2) is 60.8 Å². The lowest BCUT2D eigenvalue weighted by molar-refractivity contribution is 0.697. The number of nitrogens with two attached hydrogens (primary N) is 1. The van der Waals surface area contributed by atoms with Crippen LogP contribution in [0.4, 0.5) is 5.82 Å². The zero-order chi connectivity index (χ0) is 13.9. The summed E-state index contributed by atoms with van der Waals surface area (Å²) >= 11 is 0. The Morgan fingerprint density at radius 1 is 0.950 bits per heavy atom. The summed E-state index contributed by atoms with van der Waals surface area (Å²) in [4.78, 5) is 0. The zero-order valence-electron chi connectivity index (χ0n) is 11.5. The number of nitrogens with zero attached hydrogens (tertiary/aromatic N) is 2. The number of hydrogen-bond donors (Lipinski definition) is 1. The van der Waals surface area contributed by atoms with Gasteiger partial charge in [0.25, 0.3) is 0 Å². The van der Waals surface area contributed by atoms with E-state index in [0.29, 0.717) is 6.54 Å². The second kappa shape index (κ2) is 5.21. The van der Waals surface area contributed by atoms with Crippen molar-refractivity contribution in [2.24, 2.45) is 0 Å². The second-order valence-corrected chi connectivity index (χ2v) is 4.93. The molecule has 20 heavy (non-hydrogen) atoms. The quantitative estimate of drug-likeness (QED) is 0.786. The topological polar surface area (TPSA) is 43.8 Å². The van der Waals surface area contributed by atoms with Gasteiger partial charge in [0.15, 0.2) is 0 Å². The van der Waals surface area contributed by atoms with Crippen molar-refractivity contribution in [2.75, 3.05) is 5.73 Å². The van der Waals surface area contributed by atoms with Gasteiger partial charge >= 0.3 is 0 Å². The van der Waals surface area contributed by atoms with Crippen LogP contribution in [0.3, 0.4) is 0 Å². The van der Waals surface area contributed by atoms with E-state index in [9.17, 15) is 0 Å². The molecule has 0 amide bonds. The average molecular weight is 263 g/mol. The number of aryl methyl sites for hydroxylation is 1. The molecule has 100 valence electrons. The monoisotopic (exact) mass is 263 g/mol. The van der Waals surface area contributed by atoms with Gasteiger partial charge in [0, 0.05) is 5.56 Å². The first-order valence-electron chi connectivity index (χ1n) is 6.66. The van der Waals surface area contributed by atoms with Crippen LogP contribution in [-0.4, -0.2) is 9.78 Å². The Labute approximate surface area is 118 Å². The smallest absolute Gasteiger partial charge is 0.124 e. The highest BCUT2D eigenvalue weighted by atomic mass is 15.3. The zero-order valence-corrected chi connectivity index (χ0v) is 11.5. The third kappa shape index (κ3) is 2.43. The van der Waals surface area contributed by atoms with Crippen molar-refractivity contribution in [3.8, 4) is 11.1 Å². The van der Waals surface area contributed by atoms with Crippen molar-refractivity contribution < 1.29 is 0 Å². The van der Waals surface area contributed by atoms with E-state index in [1.54, 1.807) is 6.20 Å². The van der Waals surface area contributed by atoms with Crippen LogP contribution in [-0.2, 0) is 6.54 Å². The Morgan fingerprint density at radius 2 is 1.60 bits per heavy atom. The maximum atomic E-state index is 5.97. The van der Waals surface area contributed by atoms with Gasteiger partial charge in [-0.1, -0.05) is 54.6 Å². The van der Waals surface area contributed by atoms with Gasteiger partial charge < -0.3 is 5.73 Å². The molecular formula is C17H17N3. The molecule has 0 radical (unpaired) electrons. The minimum absolute atomic E-state index is 0.703. The Hall–Kier alpha value is -2.55. The molecule has 3 rings (SSSR count). The Morgan fingerprint density at radius 3 is 2.20 bits per heavy atom. The van der Waals surface area contributed by atoms with Crippen LogP contribution < -0.4 is 5.73 Å². The molecule has 2 N–H and O–H groups in total. The van der Waals surface area contributed by atoms with Crippen molar-refractivity contribution in [1.82, 2.24) is 9.78 Å². The van der Waals surface area contributed by atoms with Gasteiger partial charge in [0.2, 0.25) is 0 Å². The van der Waals surface area contributed by atoms with Gasteiger partial charge in [-0.15, -0.1) is 0 Å². The minimum Gasteiger partial charge on any atom is -0.384 e. The van der Waals surface area contributed by atoms with E-state index in [4.69, 9.17) is 5.73 Å². The van der Waals surface area contributed by atoms with Crippen molar-refractivity contribution in [3.63, 3.8) is 0 Å². The lowest BCUT2D eigenvalue weighted by atomic mass is 10.0. The Bertz CT molecular complexity index is 697. The third-order valence-electron chi connectivity index (χ3n) is 3.47. The molecule has 0 aliphatic heterocycles. The Balaban J connectivity index is 1.82. The van der Waals surface area contributed by atoms with Gasteiger partial charge in [0.1, 0.15) is 5.82 Å². The average Bonchev–Trinajstić information content (AvgIpc) is 2.81. The molecule has 3 nitrogen and oxygen atoms in total. The normalized spacial score (nSPS) is 10.7. The first-order chi connectivity index (χ1) is 9.74. The van der Waals surface area contributed by atoms with E-state index in [1.165, 1.54) is 16.7 Å². The lowest BCUT2D eigenvalue weighted by Crippen LogP contribution is -2.06. The molecule has 3 heteroatoms. The van der Waals surface area contributed by atoms with Gasteiger partial charge in [0.05, 0.1) is 12.7 Å². The summed E-state index contributed by atoms with van der Waals surface area (Å²) in [6.45, 7) is 2.67. The van der Waals surface area contributed by atoms with Crippen LogP contribution in [0, 0.1) is 6.92 Å². The van der Waals surface area contributed by atoms with E-state index < -0.39 is 0 Å². The molecule has 0 saturated heterocycles. The van der Waals surface area contributed by atoms with Gasteiger partial charge in [-0.3, -0.25) is 0 Å². The van der Waals surface area contributed by atoms with E-state index in [-0.39, 0.29) is 0 Å². The molecule has 0 fully saturated rings. The first-order valence-corrected chi connectivity index (χ1v) is 6.66. The molecule has 3 aromatic rings. The van der Waals surface area contributed by atoms with Crippen molar-refractivity contribution in [2.45, 2.75) is 13.5 Å². The van der Waals surface area contributed by atoms with E-state index in [0.717, 1.165) is 11.4 Å². The van der Waals surface area contributed by atoms with Crippen molar-refractivity contribution >= 4 is 5.82 Å². The number of nitrogen functional groups attached to an aromatic ring is 1. The summed E-state index contributed by atoms with van der Waals surface area (Å²) in [6, 6.07) is 18.9. The van der Waals surface area contributed by atoms with Crippen LogP contribution in [0.5, 0.6) is 0 Å². The highest BCUT2D eigenvalue weighted by Crippen LogP contribution is 2.20. The van der Waals surface area contributed by atoms with Crippen molar-refractivity contribution in [3.05, 3.63) is 71.9 Å². The van der Waals surface area contributed by atoms with Crippen molar-refractivity contribution in [1.29, 1.82) is 0 Å². The van der Waals surface area contributed by atoms with E-state index >= 15 is 0 Å². The van der Waals surface area contributed by atoms with E-state index in [2.05, 4.69) is 53.6 Å². The fraction of sp³-hybridized carbons (Fsp3) is 0.118. The first kappa shape index (κ1) is 12.5. The number of benzene rings is 2. The van der Waals surface area contributed by atoms with Crippen LogP contribution in [0.2, 0.25) is 0 Å². The number of hydrogen-bond acceptors (Lipinski definition) is 2. The van der Waals surface area contributed by atoms with Gasteiger partial charge in [-0.2, -0.15) is 5.10 Å². The van der Waals surface area contributed by atoms with Crippen LogP contribution in [0.25, 0.3) is 11.1 Å². The largest absolute Gasteiger partial charge is 0.384 e. The number of anilines is 1. The SMILES string of the molecule is Cc1cnn(Cc2ccc(-c3ccccc3)cc2)c1N. The van der Waals surface area contributed by atoms with Crippen LogP contribution >= 0.6 is 0 Å². The van der Waals surface area contributed by atoms with Gasteiger partial charge in [-0.05, 0) is 23.6 Å². The predicted octanol–water partition coefficient (Wildman–Crippen LogP) is 3.49. The molecule has 0 bridgehead atoms. The molecule has 0 atom stereocenters. The van der Waals surface area contributed by atoms with Gasteiger partial charge in [-0.25, -0.2) is 4.68 Å². The Kier molecular flexibility index (Phi) is 3.25. The highest BCUT2D eigenvalue weighted by Gasteiger charge is 2.04. The predicted molar refractivity (Wildman–Crippen MR) is 82.4 cm³/mol. The summed E-state index contributed by atoms with van der Waals surface area (Å²) in [5.74, 6) is 0.733. The molecule has 0 unspecified atom stereocenters. The molecule has 0 aliphatic carbocycles. The maximum absolute atomic E-state index is 5.97. The second-order valence-electron chi connectivity index (χ2n) is 4.93. The summed E-state index contributed by atoms with van der Waals surface area (Å²) in [5.41, 5.74) is 10.6. The molecule has 0 saturated carbocycles. The number of rotatable bonds is 3. The molecule has 0 aliphatic rings. The lowest BCUT2D eigenvalue weighted by Gasteiger charge is -2.06. The number of aromatic nitrogens is 2. The summed E-state index contributed by atoms with van der Waals surface area (Å²) in [6.07, 6.45) is 1.80. The molecule has 2 aromatic carbocycles. The molecule has 1 aromatic heterocycles. The standard InChI is InChI=1S/C17H17N3/c1-13-11-19-20(17(13)18)12-14-7-9-16(10-8-14)15-5-3-2-4-6-15/h2-11H,12,18H2,1H3. The molecule has 0 spiro atoms. The van der Waals surface area contributed by atoms with E-state index in [1.807, 2.05) is 17.7 Å². The summed E-state index contributed by atoms with van der Waals surface area (Å²) in [5, 5.41) is 4.28. The maximum Gasteiger partial charge on any atom is 0.124 e.